The number of fused-ring (bicyclic) bond motifs is 6. The van der Waals surface area contributed by atoms with Crippen LogP contribution in [0.5, 0.6) is 0 Å². The maximum Gasteiger partial charge on any atom is 0.0618 e. The molecule has 0 aliphatic carbocycles. The Morgan fingerprint density at radius 1 is 0.194 bits per heavy atom. The highest BCUT2D eigenvalue weighted by molar-refractivity contribution is 6.30. The van der Waals surface area contributed by atoms with Crippen LogP contribution in [0.3, 0.4) is 0 Å². The molecule has 0 saturated heterocycles. The fourth-order valence-electron chi connectivity index (χ4n) is 9.83. The first-order chi connectivity index (χ1) is 30.8. The summed E-state index contributed by atoms with van der Waals surface area (Å²) in [6.45, 7) is 0. The van der Waals surface area contributed by atoms with Crippen LogP contribution in [-0.4, -0.2) is 0 Å². The van der Waals surface area contributed by atoms with Crippen molar-refractivity contribution in [1.82, 2.24) is 0 Å². The number of anilines is 6. The zero-order valence-electron chi connectivity index (χ0n) is 34.0. The van der Waals surface area contributed by atoms with Crippen molar-refractivity contribution in [3.05, 3.63) is 243 Å². The van der Waals surface area contributed by atoms with E-state index in [1.165, 1.54) is 87.1 Å². The highest BCUT2D eigenvalue weighted by Gasteiger charge is 2.27. The molecule has 0 fully saturated rings. The van der Waals surface area contributed by atoms with Gasteiger partial charge in [0.1, 0.15) is 0 Å². The molecule has 0 unspecified atom stereocenters. The number of hydrogen-bond donors (Lipinski definition) is 0. The first-order valence-electron chi connectivity index (χ1n) is 21.4. The highest BCUT2D eigenvalue weighted by atomic mass is 15.2. The minimum Gasteiger partial charge on any atom is -0.309 e. The van der Waals surface area contributed by atoms with Gasteiger partial charge < -0.3 is 9.80 Å². The number of rotatable bonds is 7. The SMILES string of the molecule is c1ccc(N(c2ccc3ccccc3c2)c2c3ccccc3c(-c3c4ccccc4c(N(c4ccccc4)c4ccc5ccccc5c4)c4ccccc34)c3ccccc23)cc1. The first-order valence-corrected chi connectivity index (χ1v) is 21.4. The van der Waals surface area contributed by atoms with Crippen LogP contribution in [0.1, 0.15) is 0 Å². The predicted molar refractivity (Wildman–Crippen MR) is 266 cm³/mol. The van der Waals surface area contributed by atoms with Crippen molar-refractivity contribution < 1.29 is 0 Å². The van der Waals surface area contributed by atoms with Gasteiger partial charge in [0.05, 0.1) is 11.4 Å². The predicted octanol–water partition coefficient (Wildman–Crippen LogP) is 17.2. The molecule has 2 nitrogen and oxygen atoms in total. The molecule has 0 bridgehead atoms. The van der Waals surface area contributed by atoms with E-state index < -0.39 is 0 Å². The second-order valence-corrected chi connectivity index (χ2v) is 16.0. The quantitative estimate of drug-likeness (QED) is 0.148. The molecule has 0 aromatic heterocycles. The third-order valence-electron chi connectivity index (χ3n) is 12.5. The number of hydrogen-bond acceptors (Lipinski definition) is 2. The number of nitrogens with zero attached hydrogens (tertiary/aromatic N) is 2. The lowest BCUT2D eigenvalue weighted by atomic mass is 9.84. The largest absolute Gasteiger partial charge is 0.309 e. The summed E-state index contributed by atoms with van der Waals surface area (Å²) in [6, 6.07) is 88.7. The molecule has 0 aliphatic rings. The Labute approximate surface area is 360 Å². The normalized spacial score (nSPS) is 11.5. The minimum atomic E-state index is 1.11. The Morgan fingerprint density at radius 2 is 0.468 bits per heavy atom. The number of para-hydroxylation sites is 2. The molecule has 0 spiro atoms. The summed E-state index contributed by atoms with van der Waals surface area (Å²) < 4.78 is 0. The molecule has 2 heteroatoms. The monoisotopic (exact) mass is 788 g/mol. The average Bonchev–Trinajstić information content (AvgIpc) is 3.35. The van der Waals surface area contributed by atoms with Crippen molar-refractivity contribution in [3.8, 4) is 11.1 Å². The zero-order chi connectivity index (χ0) is 41.0. The summed E-state index contributed by atoms with van der Waals surface area (Å²) in [5, 5.41) is 14.5. The van der Waals surface area contributed by atoms with E-state index in [9.17, 15) is 0 Å². The molecule has 12 aromatic carbocycles. The highest BCUT2D eigenvalue weighted by Crippen LogP contribution is 2.53. The van der Waals surface area contributed by atoms with Crippen molar-refractivity contribution in [3.63, 3.8) is 0 Å². The Balaban J connectivity index is 1.19. The third-order valence-corrected chi connectivity index (χ3v) is 12.5. The third kappa shape index (κ3) is 5.80. The van der Waals surface area contributed by atoms with Gasteiger partial charge in [-0.2, -0.15) is 0 Å². The summed E-state index contributed by atoms with van der Waals surface area (Å²) in [4.78, 5) is 4.92. The minimum absolute atomic E-state index is 1.11. The molecule has 290 valence electrons. The molecule has 12 aromatic rings. The molecule has 0 N–H and O–H groups in total. The summed E-state index contributed by atoms with van der Waals surface area (Å²) in [7, 11) is 0. The molecule has 0 aliphatic heterocycles. The lowest BCUT2D eigenvalue weighted by Gasteiger charge is -2.31. The van der Waals surface area contributed by atoms with E-state index in [-0.39, 0.29) is 0 Å². The summed E-state index contributed by atoms with van der Waals surface area (Å²) in [6.07, 6.45) is 0. The van der Waals surface area contributed by atoms with Gasteiger partial charge in [-0.15, -0.1) is 0 Å². The van der Waals surface area contributed by atoms with Gasteiger partial charge in [-0.25, -0.2) is 0 Å². The van der Waals surface area contributed by atoms with E-state index >= 15 is 0 Å². The van der Waals surface area contributed by atoms with E-state index in [4.69, 9.17) is 0 Å². The summed E-state index contributed by atoms with van der Waals surface area (Å²) in [5.74, 6) is 0. The van der Waals surface area contributed by atoms with E-state index in [0.29, 0.717) is 0 Å². The van der Waals surface area contributed by atoms with Crippen molar-refractivity contribution in [1.29, 1.82) is 0 Å². The van der Waals surface area contributed by atoms with Crippen LogP contribution < -0.4 is 9.80 Å². The zero-order valence-corrected chi connectivity index (χ0v) is 34.0. The molecule has 0 atom stereocenters. The van der Waals surface area contributed by atoms with Crippen molar-refractivity contribution in [2.75, 3.05) is 9.80 Å². The maximum atomic E-state index is 2.46. The van der Waals surface area contributed by atoms with Crippen LogP contribution in [0.25, 0.3) is 75.8 Å². The van der Waals surface area contributed by atoms with Gasteiger partial charge >= 0.3 is 0 Å². The van der Waals surface area contributed by atoms with Crippen molar-refractivity contribution in [2.24, 2.45) is 0 Å². The topological polar surface area (TPSA) is 6.48 Å². The lowest BCUT2D eigenvalue weighted by molar-refractivity contribution is 1.31. The van der Waals surface area contributed by atoms with Gasteiger partial charge in [0.2, 0.25) is 0 Å². The van der Waals surface area contributed by atoms with Gasteiger partial charge in [0.15, 0.2) is 0 Å². The molecule has 0 saturated carbocycles. The molecular formula is C60H40N2. The Bertz CT molecular complexity index is 3290. The van der Waals surface area contributed by atoms with Gasteiger partial charge in [0.25, 0.3) is 0 Å². The van der Waals surface area contributed by atoms with Gasteiger partial charge in [-0.1, -0.05) is 194 Å². The van der Waals surface area contributed by atoms with Crippen LogP contribution in [0.2, 0.25) is 0 Å². The standard InChI is InChI=1S/C60H40N2/c1-3-23-45(24-4-1)61(47-37-35-41-19-7-9-21-43(41)39-47)59-53-31-15-11-27-49(53)57(50-28-12-16-32-54(50)59)58-51-29-13-17-33-55(51)60(56-34-18-14-30-52(56)58)62(46-25-5-2-6-26-46)48-38-36-42-20-8-10-22-44(42)40-48/h1-40H. The van der Waals surface area contributed by atoms with Crippen LogP contribution in [0, 0.1) is 0 Å². The van der Waals surface area contributed by atoms with E-state index in [0.717, 1.165) is 22.7 Å². The second-order valence-electron chi connectivity index (χ2n) is 16.0. The van der Waals surface area contributed by atoms with Crippen molar-refractivity contribution in [2.45, 2.75) is 0 Å². The summed E-state index contributed by atoms with van der Waals surface area (Å²) >= 11 is 0. The van der Waals surface area contributed by atoms with Gasteiger partial charge in [0, 0.05) is 44.3 Å². The van der Waals surface area contributed by atoms with Crippen molar-refractivity contribution >= 4 is 98.8 Å². The first kappa shape index (κ1) is 35.7. The van der Waals surface area contributed by atoms with Gasteiger partial charge in [-0.3, -0.25) is 0 Å². The Kier molecular flexibility index (Phi) is 8.53. The number of benzene rings is 12. The van der Waals surface area contributed by atoms with E-state index in [2.05, 4.69) is 252 Å². The molecule has 62 heavy (non-hydrogen) atoms. The van der Waals surface area contributed by atoms with E-state index in [1.54, 1.807) is 0 Å². The molecule has 0 radical (unpaired) electrons. The van der Waals surface area contributed by atoms with Gasteiger partial charge in [-0.05, 0) is 103 Å². The summed E-state index contributed by atoms with van der Waals surface area (Å²) in [5.41, 5.74) is 9.27. The lowest BCUT2D eigenvalue weighted by Crippen LogP contribution is -2.12. The fourth-order valence-corrected chi connectivity index (χ4v) is 9.83. The molecule has 0 heterocycles. The molecule has 12 rings (SSSR count). The Morgan fingerprint density at radius 3 is 0.806 bits per heavy atom. The van der Waals surface area contributed by atoms with Crippen LogP contribution in [0.15, 0.2) is 243 Å². The average molecular weight is 789 g/mol. The van der Waals surface area contributed by atoms with E-state index in [1.807, 2.05) is 0 Å². The molecular weight excluding hydrogens is 749 g/mol. The fraction of sp³-hybridized carbons (Fsp3) is 0. The Hall–Kier alpha value is -8.20. The van der Waals surface area contributed by atoms with Crippen LogP contribution in [-0.2, 0) is 0 Å². The van der Waals surface area contributed by atoms with Crippen LogP contribution in [0.4, 0.5) is 34.1 Å². The smallest absolute Gasteiger partial charge is 0.0618 e. The van der Waals surface area contributed by atoms with Crippen LogP contribution >= 0.6 is 0 Å². The molecule has 0 amide bonds. The maximum absolute atomic E-state index is 2.46. The second kappa shape index (κ2) is 14.8.